The zero-order valence-electron chi connectivity index (χ0n) is 9.11. The second kappa shape index (κ2) is 4.80. The topological polar surface area (TPSA) is 81.7 Å². The summed E-state index contributed by atoms with van der Waals surface area (Å²) in [4.78, 5) is 24.7. The summed E-state index contributed by atoms with van der Waals surface area (Å²) in [5, 5.41) is 14.6. The molecule has 0 bridgehead atoms. The molecule has 2 amide bonds. The molecule has 2 rings (SSSR count). The molecule has 0 saturated carbocycles. The molecule has 0 aromatic carbocycles. The molecule has 6 nitrogen and oxygen atoms in total. The third-order valence-corrected chi connectivity index (χ3v) is 3.17. The average molecular weight is 227 g/mol. The van der Waals surface area contributed by atoms with E-state index in [0.29, 0.717) is 19.6 Å². The van der Waals surface area contributed by atoms with Gasteiger partial charge >= 0.3 is 0 Å². The number of carbonyl (C=O) groups is 2. The molecule has 2 fully saturated rings. The van der Waals surface area contributed by atoms with Gasteiger partial charge in [0.2, 0.25) is 11.8 Å². The number of amides is 2. The van der Waals surface area contributed by atoms with Gasteiger partial charge < -0.3 is 15.3 Å². The third kappa shape index (κ3) is 2.33. The Labute approximate surface area is 94.0 Å². The van der Waals surface area contributed by atoms with Crippen molar-refractivity contribution in [1.82, 2.24) is 15.5 Å². The van der Waals surface area contributed by atoms with Crippen LogP contribution in [0.3, 0.4) is 0 Å². The standard InChI is InChI=1S/C10H17N3O3/c14-6-7-1-2-13(5-7)10(16)8-3-12-9(15)4-11-8/h7-8,11,14H,1-6H2,(H,12,15). The highest BCUT2D eigenvalue weighted by molar-refractivity contribution is 5.86. The van der Waals surface area contributed by atoms with Gasteiger partial charge in [-0.15, -0.1) is 0 Å². The van der Waals surface area contributed by atoms with Crippen LogP contribution in [0.2, 0.25) is 0 Å². The third-order valence-electron chi connectivity index (χ3n) is 3.17. The number of likely N-dealkylation sites (tertiary alicyclic amines) is 1. The maximum atomic E-state index is 12.0. The fraction of sp³-hybridized carbons (Fsp3) is 0.800. The molecule has 2 unspecified atom stereocenters. The Hall–Kier alpha value is -1.14. The quantitative estimate of drug-likeness (QED) is 0.505. The van der Waals surface area contributed by atoms with Crippen LogP contribution in [0.4, 0.5) is 0 Å². The van der Waals surface area contributed by atoms with E-state index in [1.54, 1.807) is 4.90 Å². The Kier molecular flexibility index (Phi) is 3.40. The minimum atomic E-state index is -0.310. The number of carbonyl (C=O) groups excluding carboxylic acids is 2. The molecule has 2 heterocycles. The lowest BCUT2D eigenvalue weighted by Gasteiger charge is -2.27. The van der Waals surface area contributed by atoms with Crippen molar-refractivity contribution < 1.29 is 14.7 Å². The van der Waals surface area contributed by atoms with Gasteiger partial charge in [-0.1, -0.05) is 0 Å². The van der Waals surface area contributed by atoms with Crippen LogP contribution in [0.25, 0.3) is 0 Å². The van der Waals surface area contributed by atoms with Crippen LogP contribution >= 0.6 is 0 Å². The van der Waals surface area contributed by atoms with Crippen LogP contribution in [0, 0.1) is 5.92 Å². The zero-order valence-corrected chi connectivity index (χ0v) is 9.11. The zero-order chi connectivity index (χ0) is 11.5. The smallest absolute Gasteiger partial charge is 0.241 e. The maximum Gasteiger partial charge on any atom is 0.241 e. The Bertz CT molecular complexity index is 285. The number of piperazine rings is 1. The summed E-state index contributed by atoms with van der Waals surface area (Å²) in [7, 11) is 0. The van der Waals surface area contributed by atoms with E-state index < -0.39 is 0 Å². The highest BCUT2D eigenvalue weighted by atomic mass is 16.3. The van der Waals surface area contributed by atoms with Gasteiger partial charge in [-0.25, -0.2) is 0 Å². The van der Waals surface area contributed by atoms with Gasteiger partial charge in [0.25, 0.3) is 0 Å². The van der Waals surface area contributed by atoms with Crippen molar-refractivity contribution in [1.29, 1.82) is 0 Å². The molecule has 2 aliphatic rings. The van der Waals surface area contributed by atoms with Crippen molar-refractivity contribution in [3.63, 3.8) is 0 Å². The lowest BCUT2D eigenvalue weighted by molar-refractivity contribution is -0.134. The second-order valence-electron chi connectivity index (χ2n) is 4.36. The molecule has 6 heteroatoms. The summed E-state index contributed by atoms with van der Waals surface area (Å²) >= 11 is 0. The molecular weight excluding hydrogens is 210 g/mol. The van der Waals surface area contributed by atoms with Crippen LogP contribution in [0.5, 0.6) is 0 Å². The average Bonchev–Trinajstić information content (AvgIpc) is 2.77. The number of nitrogens with one attached hydrogen (secondary N) is 2. The van der Waals surface area contributed by atoms with Gasteiger partial charge in [-0.3, -0.25) is 14.9 Å². The van der Waals surface area contributed by atoms with Crippen molar-refractivity contribution in [2.45, 2.75) is 12.5 Å². The van der Waals surface area contributed by atoms with Crippen LogP contribution in [-0.4, -0.2) is 60.6 Å². The maximum absolute atomic E-state index is 12.0. The minimum absolute atomic E-state index is 0.0240. The first-order valence-electron chi connectivity index (χ1n) is 5.60. The number of rotatable bonds is 2. The van der Waals surface area contributed by atoms with Gasteiger partial charge in [0.15, 0.2) is 0 Å². The van der Waals surface area contributed by atoms with Crippen LogP contribution in [-0.2, 0) is 9.59 Å². The fourth-order valence-corrected chi connectivity index (χ4v) is 2.14. The first-order chi connectivity index (χ1) is 7.70. The Morgan fingerprint density at radius 2 is 2.38 bits per heavy atom. The van der Waals surface area contributed by atoms with E-state index in [0.717, 1.165) is 6.42 Å². The first kappa shape index (κ1) is 11.3. The van der Waals surface area contributed by atoms with Crippen LogP contribution < -0.4 is 10.6 Å². The highest BCUT2D eigenvalue weighted by Crippen LogP contribution is 2.16. The number of hydrogen-bond acceptors (Lipinski definition) is 4. The number of nitrogens with zero attached hydrogens (tertiary/aromatic N) is 1. The molecule has 2 saturated heterocycles. The van der Waals surface area contributed by atoms with Crippen LogP contribution in [0.15, 0.2) is 0 Å². The van der Waals surface area contributed by atoms with Gasteiger partial charge in [-0.2, -0.15) is 0 Å². The van der Waals surface area contributed by atoms with Gasteiger partial charge in [0, 0.05) is 32.2 Å². The SMILES string of the molecule is O=C1CNC(C(=O)N2CCC(CO)C2)CN1. The fourth-order valence-electron chi connectivity index (χ4n) is 2.14. The van der Waals surface area contributed by atoms with Crippen molar-refractivity contribution in [3.05, 3.63) is 0 Å². The normalized spacial score (nSPS) is 30.3. The van der Waals surface area contributed by atoms with E-state index in [1.165, 1.54) is 0 Å². The highest BCUT2D eigenvalue weighted by Gasteiger charge is 2.32. The van der Waals surface area contributed by atoms with Gasteiger partial charge in [0.05, 0.1) is 6.54 Å². The predicted octanol–water partition coefficient (Wildman–Crippen LogP) is -2.08. The van der Waals surface area contributed by atoms with Crippen LogP contribution in [0.1, 0.15) is 6.42 Å². The molecule has 0 aromatic rings. The van der Waals surface area contributed by atoms with Crippen molar-refractivity contribution in [3.8, 4) is 0 Å². The molecule has 16 heavy (non-hydrogen) atoms. The molecule has 90 valence electrons. The second-order valence-corrected chi connectivity index (χ2v) is 4.36. The summed E-state index contributed by atoms with van der Waals surface area (Å²) in [5.41, 5.74) is 0. The Balaban J connectivity index is 1.86. The van der Waals surface area contributed by atoms with E-state index >= 15 is 0 Å². The molecular formula is C10H17N3O3. The first-order valence-corrected chi connectivity index (χ1v) is 5.60. The summed E-state index contributed by atoms with van der Waals surface area (Å²) in [6.45, 7) is 2.03. The molecule has 0 aromatic heterocycles. The van der Waals surface area contributed by atoms with E-state index in [1.807, 2.05) is 0 Å². The Morgan fingerprint density at radius 3 is 2.94 bits per heavy atom. The summed E-state index contributed by atoms with van der Waals surface area (Å²) in [6, 6.07) is -0.310. The van der Waals surface area contributed by atoms with Crippen molar-refractivity contribution in [2.24, 2.45) is 5.92 Å². The molecule has 0 aliphatic carbocycles. The van der Waals surface area contributed by atoms with Crippen molar-refractivity contribution in [2.75, 3.05) is 32.8 Å². The predicted molar refractivity (Wildman–Crippen MR) is 56.6 cm³/mol. The molecule has 2 atom stereocenters. The monoisotopic (exact) mass is 227 g/mol. The Morgan fingerprint density at radius 1 is 1.56 bits per heavy atom. The largest absolute Gasteiger partial charge is 0.396 e. The minimum Gasteiger partial charge on any atom is -0.396 e. The summed E-state index contributed by atoms with van der Waals surface area (Å²) in [5.74, 6) is 0.164. The lowest BCUT2D eigenvalue weighted by Crippen LogP contribution is -2.58. The van der Waals surface area contributed by atoms with Crippen molar-refractivity contribution >= 4 is 11.8 Å². The van der Waals surface area contributed by atoms with E-state index in [9.17, 15) is 9.59 Å². The van der Waals surface area contributed by atoms with E-state index in [-0.39, 0.29) is 36.9 Å². The van der Waals surface area contributed by atoms with Gasteiger partial charge in [0.1, 0.15) is 6.04 Å². The van der Waals surface area contributed by atoms with E-state index in [4.69, 9.17) is 5.11 Å². The molecule has 0 radical (unpaired) electrons. The number of aliphatic hydroxyl groups excluding tert-OH is 1. The molecule has 2 aliphatic heterocycles. The van der Waals surface area contributed by atoms with E-state index in [2.05, 4.69) is 10.6 Å². The summed E-state index contributed by atoms with van der Waals surface area (Å²) in [6.07, 6.45) is 0.862. The lowest BCUT2D eigenvalue weighted by atomic mass is 10.1. The summed E-state index contributed by atoms with van der Waals surface area (Å²) < 4.78 is 0. The molecule has 0 spiro atoms. The number of hydrogen-bond donors (Lipinski definition) is 3. The molecule has 3 N–H and O–H groups in total. The number of aliphatic hydroxyl groups is 1. The van der Waals surface area contributed by atoms with Gasteiger partial charge in [-0.05, 0) is 6.42 Å².